The van der Waals surface area contributed by atoms with Gasteiger partial charge in [-0.05, 0) is 29.8 Å². The predicted molar refractivity (Wildman–Crippen MR) is 107 cm³/mol. The smallest absolute Gasteiger partial charge is 0.267 e. The molecular weight excluding hydrogens is 360 g/mol. The number of rotatable bonds is 4. The molecule has 0 aliphatic heterocycles. The molecule has 134 valence electrons. The summed E-state index contributed by atoms with van der Waals surface area (Å²) < 4.78 is 1.17. The van der Waals surface area contributed by atoms with E-state index in [1.165, 1.54) is 22.1 Å². The molecule has 0 spiro atoms. The Kier molecular flexibility index (Phi) is 4.52. The standard InChI is InChI=1S/C20H16N4O2S/c1-13-12-27-20(21-13)22-18(25)11-24-19(26)9-8-17(23-24)16-7-6-14-4-2-3-5-15(14)10-16/h2-10,12H,11H2,1H3,(H,21,22,25). The van der Waals surface area contributed by atoms with Gasteiger partial charge in [0.2, 0.25) is 5.91 Å². The lowest BCUT2D eigenvalue weighted by Crippen LogP contribution is -2.29. The number of aryl methyl sites for hydroxylation is 1. The van der Waals surface area contributed by atoms with Gasteiger partial charge < -0.3 is 5.32 Å². The first-order chi connectivity index (χ1) is 13.1. The van der Waals surface area contributed by atoms with Crippen molar-refractivity contribution in [2.45, 2.75) is 13.5 Å². The SMILES string of the molecule is Cc1csc(NC(=O)Cn2nc(-c3ccc4ccccc4c3)ccc2=O)n1. The van der Waals surface area contributed by atoms with E-state index in [1.54, 1.807) is 6.07 Å². The summed E-state index contributed by atoms with van der Waals surface area (Å²) in [6.07, 6.45) is 0. The van der Waals surface area contributed by atoms with Crippen molar-refractivity contribution in [2.24, 2.45) is 0 Å². The quantitative estimate of drug-likeness (QED) is 0.592. The number of hydrogen-bond acceptors (Lipinski definition) is 5. The molecule has 0 saturated carbocycles. The molecule has 0 saturated heterocycles. The molecule has 1 amide bonds. The number of fused-ring (bicyclic) bond motifs is 1. The Morgan fingerprint density at radius 2 is 1.93 bits per heavy atom. The molecule has 27 heavy (non-hydrogen) atoms. The Balaban J connectivity index is 1.60. The third-order valence-corrected chi connectivity index (χ3v) is 4.95. The average molecular weight is 376 g/mol. The van der Waals surface area contributed by atoms with Gasteiger partial charge in [0.25, 0.3) is 5.56 Å². The molecule has 0 radical (unpaired) electrons. The lowest BCUT2D eigenvalue weighted by Gasteiger charge is -2.08. The largest absolute Gasteiger partial charge is 0.300 e. The van der Waals surface area contributed by atoms with Crippen molar-refractivity contribution in [2.75, 3.05) is 5.32 Å². The summed E-state index contributed by atoms with van der Waals surface area (Å²) in [6, 6.07) is 17.1. The maximum absolute atomic E-state index is 12.2. The lowest BCUT2D eigenvalue weighted by molar-refractivity contribution is -0.117. The fourth-order valence-electron chi connectivity index (χ4n) is 2.77. The maximum Gasteiger partial charge on any atom is 0.267 e. The molecule has 7 heteroatoms. The van der Waals surface area contributed by atoms with E-state index in [-0.39, 0.29) is 18.0 Å². The monoisotopic (exact) mass is 376 g/mol. The Hall–Kier alpha value is -3.32. The molecular formula is C20H16N4O2S. The Labute approximate surface area is 159 Å². The van der Waals surface area contributed by atoms with E-state index >= 15 is 0 Å². The first-order valence-electron chi connectivity index (χ1n) is 8.38. The van der Waals surface area contributed by atoms with Crippen molar-refractivity contribution < 1.29 is 4.79 Å². The zero-order valence-electron chi connectivity index (χ0n) is 14.5. The summed E-state index contributed by atoms with van der Waals surface area (Å²) >= 11 is 1.34. The molecule has 0 aliphatic carbocycles. The van der Waals surface area contributed by atoms with E-state index in [2.05, 4.69) is 15.4 Å². The highest BCUT2D eigenvalue weighted by molar-refractivity contribution is 7.13. The second kappa shape index (κ2) is 7.13. The maximum atomic E-state index is 12.2. The van der Waals surface area contributed by atoms with Crippen LogP contribution in [-0.4, -0.2) is 20.7 Å². The Morgan fingerprint density at radius 3 is 2.70 bits per heavy atom. The van der Waals surface area contributed by atoms with Gasteiger partial charge in [0.05, 0.1) is 11.4 Å². The number of amides is 1. The van der Waals surface area contributed by atoms with Crippen molar-refractivity contribution in [3.63, 3.8) is 0 Å². The average Bonchev–Trinajstić information content (AvgIpc) is 3.07. The molecule has 2 aromatic carbocycles. The molecule has 2 heterocycles. The van der Waals surface area contributed by atoms with Gasteiger partial charge in [-0.3, -0.25) is 9.59 Å². The number of benzene rings is 2. The molecule has 2 aromatic heterocycles. The molecule has 1 N–H and O–H groups in total. The molecule has 6 nitrogen and oxygen atoms in total. The first-order valence-corrected chi connectivity index (χ1v) is 9.26. The number of thiazole rings is 1. The number of aromatic nitrogens is 3. The second-order valence-corrected chi connectivity index (χ2v) is 6.98. The summed E-state index contributed by atoms with van der Waals surface area (Å²) in [5.74, 6) is -0.338. The van der Waals surface area contributed by atoms with E-state index in [4.69, 9.17) is 0 Å². The number of carbonyl (C=O) groups is 1. The van der Waals surface area contributed by atoms with Crippen molar-refractivity contribution in [1.82, 2.24) is 14.8 Å². The molecule has 4 aromatic rings. The van der Waals surface area contributed by atoms with Crippen LogP contribution in [0.3, 0.4) is 0 Å². The number of carbonyl (C=O) groups excluding carboxylic acids is 1. The van der Waals surface area contributed by atoms with E-state index in [9.17, 15) is 9.59 Å². The van der Waals surface area contributed by atoms with Gasteiger partial charge in [-0.1, -0.05) is 36.4 Å². The molecule has 0 atom stereocenters. The summed E-state index contributed by atoms with van der Waals surface area (Å²) in [5.41, 5.74) is 2.03. The van der Waals surface area contributed by atoms with Gasteiger partial charge in [0.1, 0.15) is 6.54 Å². The van der Waals surface area contributed by atoms with Crippen LogP contribution in [0.4, 0.5) is 5.13 Å². The highest BCUT2D eigenvalue weighted by Gasteiger charge is 2.10. The summed E-state index contributed by atoms with van der Waals surface area (Å²) in [7, 11) is 0. The third kappa shape index (κ3) is 3.78. The summed E-state index contributed by atoms with van der Waals surface area (Å²) in [6.45, 7) is 1.68. The van der Waals surface area contributed by atoms with Crippen LogP contribution in [0.15, 0.2) is 64.8 Å². The zero-order valence-corrected chi connectivity index (χ0v) is 15.4. The molecule has 0 bridgehead atoms. The minimum Gasteiger partial charge on any atom is -0.300 e. The minimum atomic E-state index is -0.338. The van der Waals surface area contributed by atoms with E-state index < -0.39 is 0 Å². The lowest BCUT2D eigenvalue weighted by atomic mass is 10.1. The highest BCUT2D eigenvalue weighted by Crippen LogP contribution is 2.22. The van der Waals surface area contributed by atoms with Crippen molar-refractivity contribution in [3.05, 3.63) is 76.0 Å². The van der Waals surface area contributed by atoms with Crippen LogP contribution in [0.25, 0.3) is 22.0 Å². The first kappa shape index (κ1) is 17.1. The van der Waals surface area contributed by atoms with Gasteiger partial charge in [-0.25, -0.2) is 9.67 Å². The van der Waals surface area contributed by atoms with Crippen molar-refractivity contribution >= 4 is 33.1 Å². The molecule has 0 aliphatic rings. The van der Waals surface area contributed by atoms with Crippen LogP contribution in [0.5, 0.6) is 0 Å². The number of hydrogen-bond donors (Lipinski definition) is 1. The van der Waals surface area contributed by atoms with Crippen LogP contribution < -0.4 is 10.9 Å². The normalized spacial score (nSPS) is 10.9. The topological polar surface area (TPSA) is 76.9 Å². The Bertz CT molecular complexity index is 1200. The van der Waals surface area contributed by atoms with E-state index in [1.807, 2.05) is 54.8 Å². The number of anilines is 1. The fraction of sp³-hybridized carbons (Fsp3) is 0.100. The van der Waals surface area contributed by atoms with Gasteiger partial charge in [-0.15, -0.1) is 11.3 Å². The highest BCUT2D eigenvalue weighted by atomic mass is 32.1. The van der Waals surface area contributed by atoms with Gasteiger partial charge in [0, 0.05) is 17.0 Å². The van der Waals surface area contributed by atoms with Gasteiger partial charge in [0.15, 0.2) is 5.13 Å². The van der Waals surface area contributed by atoms with Crippen molar-refractivity contribution in [1.29, 1.82) is 0 Å². The summed E-state index contributed by atoms with van der Waals surface area (Å²) in [4.78, 5) is 28.5. The fourth-order valence-corrected chi connectivity index (χ4v) is 3.48. The second-order valence-electron chi connectivity index (χ2n) is 6.12. The molecule has 0 unspecified atom stereocenters. The Morgan fingerprint density at radius 1 is 1.11 bits per heavy atom. The van der Waals surface area contributed by atoms with Crippen LogP contribution in [0.1, 0.15) is 5.69 Å². The van der Waals surface area contributed by atoms with Crippen molar-refractivity contribution in [3.8, 4) is 11.3 Å². The van der Waals surface area contributed by atoms with Gasteiger partial charge in [-0.2, -0.15) is 5.10 Å². The van der Waals surface area contributed by atoms with E-state index in [0.29, 0.717) is 10.8 Å². The van der Waals surface area contributed by atoms with Crippen LogP contribution >= 0.6 is 11.3 Å². The van der Waals surface area contributed by atoms with E-state index in [0.717, 1.165) is 22.0 Å². The predicted octanol–water partition coefficient (Wildman–Crippen LogP) is 3.47. The molecule has 0 fully saturated rings. The van der Waals surface area contributed by atoms with Crippen LogP contribution in [0.2, 0.25) is 0 Å². The van der Waals surface area contributed by atoms with Crippen LogP contribution in [-0.2, 0) is 11.3 Å². The number of nitrogens with one attached hydrogen (secondary N) is 1. The number of nitrogens with zero attached hydrogens (tertiary/aromatic N) is 3. The zero-order chi connectivity index (χ0) is 18.8. The van der Waals surface area contributed by atoms with Crippen LogP contribution in [0, 0.1) is 6.92 Å². The molecule has 4 rings (SSSR count). The minimum absolute atomic E-state index is 0.168. The summed E-state index contributed by atoms with van der Waals surface area (Å²) in [5, 5.41) is 11.6. The third-order valence-electron chi connectivity index (χ3n) is 4.07. The van der Waals surface area contributed by atoms with Gasteiger partial charge >= 0.3 is 0 Å².